The van der Waals surface area contributed by atoms with Crippen LogP contribution in [0.4, 0.5) is 14.6 Å². The maximum Gasteiger partial charge on any atom is 0.319 e. The molecule has 1 aromatic heterocycles. The molecule has 3 aliphatic heterocycles. The summed E-state index contributed by atoms with van der Waals surface area (Å²) in [4.78, 5) is 13.3. The lowest BCUT2D eigenvalue weighted by molar-refractivity contribution is 0.107. The van der Waals surface area contributed by atoms with E-state index in [9.17, 15) is 17.9 Å². The molecule has 3 atom stereocenters. The Kier molecular flexibility index (Phi) is 7.30. The summed E-state index contributed by atoms with van der Waals surface area (Å²) in [7, 11) is -3.43. The molecule has 45 heavy (non-hydrogen) atoms. The second-order valence-corrected chi connectivity index (χ2v) is 14.2. The maximum absolute atomic E-state index is 16.8. The third-order valence-corrected chi connectivity index (χ3v) is 10.0. The molecule has 0 spiro atoms. The number of nitrogens with zero attached hydrogens (tertiary/aromatic N) is 4. The van der Waals surface area contributed by atoms with Crippen molar-refractivity contribution in [1.82, 2.24) is 19.6 Å². The highest BCUT2D eigenvalue weighted by Crippen LogP contribution is 2.42. The topological polar surface area (TPSA) is 108 Å². The fourth-order valence-corrected chi connectivity index (χ4v) is 8.18. The van der Waals surface area contributed by atoms with Crippen molar-refractivity contribution in [2.75, 3.05) is 43.9 Å². The Bertz CT molecular complexity index is 1980. The third-order valence-electron chi connectivity index (χ3n) is 9.27. The summed E-state index contributed by atoms with van der Waals surface area (Å²) in [5, 5.41) is 12.3. The van der Waals surface area contributed by atoms with E-state index in [0.29, 0.717) is 65.6 Å². The molecular formula is C33H33F2N5O4S. The predicted molar refractivity (Wildman–Crippen MR) is 169 cm³/mol. The van der Waals surface area contributed by atoms with Crippen LogP contribution in [0.2, 0.25) is 0 Å². The van der Waals surface area contributed by atoms with Crippen molar-refractivity contribution in [1.29, 1.82) is 0 Å². The molecule has 0 bridgehead atoms. The summed E-state index contributed by atoms with van der Waals surface area (Å²) in [6.07, 6.45) is 8.61. The van der Waals surface area contributed by atoms with Gasteiger partial charge in [0, 0.05) is 54.0 Å². The first kappa shape index (κ1) is 29.6. The predicted octanol–water partition coefficient (Wildman–Crippen LogP) is 4.36. The monoisotopic (exact) mass is 633 g/mol. The molecule has 0 amide bonds. The molecule has 234 valence electrons. The molecule has 4 heterocycles. The van der Waals surface area contributed by atoms with E-state index in [-0.39, 0.29) is 35.5 Å². The number of terminal acetylenes is 1. The van der Waals surface area contributed by atoms with Crippen LogP contribution in [-0.2, 0) is 10.0 Å². The molecule has 3 aliphatic rings. The van der Waals surface area contributed by atoms with Crippen LogP contribution in [0, 0.1) is 18.2 Å². The van der Waals surface area contributed by atoms with Crippen LogP contribution in [0.3, 0.4) is 0 Å². The molecular weight excluding hydrogens is 600 g/mol. The van der Waals surface area contributed by atoms with Crippen LogP contribution in [0.25, 0.3) is 32.8 Å². The molecule has 3 saturated heterocycles. The van der Waals surface area contributed by atoms with Crippen molar-refractivity contribution >= 4 is 37.5 Å². The third kappa shape index (κ3) is 5.43. The average Bonchev–Trinajstić information content (AvgIpc) is 3.68. The number of hydrogen-bond donors (Lipinski definition) is 2. The van der Waals surface area contributed by atoms with Crippen molar-refractivity contribution < 1.29 is 27.0 Å². The minimum absolute atomic E-state index is 0.0114. The second kappa shape index (κ2) is 11.1. The number of nitrogens with one attached hydrogen (secondary N) is 1. The summed E-state index contributed by atoms with van der Waals surface area (Å²) in [5.74, 6) is 2.39. The Morgan fingerprint density at radius 3 is 2.82 bits per heavy atom. The number of fused-ring (bicyclic) bond motifs is 3. The van der Waals surface area contributed by atoms with Gasteiger partial charge in [-0.2, -0.15) is 9.97 Å². The van der Waals surface area contributed by atoms with Gasteiger partial charge in [-0.3, -0.25) is 4.90 Å². The molecule has 0 saturated carbocycles. The molecule has 4 aromatic rings. The first-order chi connectivity index (χ1) is 21.5. The van der Waals surface area contributed by atoms with Crippen molar-refractivity contribution in [3.8, 4) is 35.2 Å². The van der Waals surface area contributed by atoms with Crippen LogP contribution >= 0.6 is 0 Å². The van der Waals surface area contributed by atoms with Gasteiger partial charge in [-0.1, -0.05) is 24.1 Å². The van der Waals surface area contributed by atoms with Gasteiger partial charge in [-0.15, -0.1) is 6.42 Å². The maximum atomic E-state index is 16.8. The SMILES string of the molecule is C#Cc1cccc2cc(O)cc(-c3ccc4c(N5CCC(NS(C)(=O)=O)C5)nc(OC[C@@]56CCCN5C[C@H](F)C6)nc4c3F)c12. The van der Waals surface area contributed by atoms with E-state index in [2.05, 4.69) is 20.5 Å². The summed E-state index contributed by atoms with van der Waals surface area (Å²) in [5.41, 5.74) is 0.718. The van der Waals surface area contributed by atoms with Gasteiger partial charge in [-0.25, -0.2) is 21.9 Å². The number of rotatable bonds is 7. The number of phenols is 1. The summed E-state index contributed by atoms with van der Waals surface area (Å²) in [6, 6.07) is 11.4. The molecule has 12 heteroatoms. The number of sulfonamides is 1. The number of ether oxygens (including phenoxy) is 1. The molecule has 3 fully saturated rings. The van der Waals surface area contributed by atoms with Gasteiger partial charge < -0.3 is 14.7 Å². The molecule has 7 rings (SSSR count). The van der Waals surface area contributed by atoms with E-state index in [1.54, 1.807) is 36.4 Å². The van der Waals surface area contributed by atoms with Crippen LogP contribution in [0.5, 0.6) is 11.8 Å². The lowest BCUT2D eigenvalue weighted by Crippen LogP contribution is -2.43. The number of aromatic nitrogens is 2. The van der Waals surface area contributed by atoms with E-state index in [4.69, 9.17) is 16.1 Å². The van der Waals surface area contributed by atoms with Gasteiger partial charge in [0.15, 0.2) is 5.82 Å². The zero-order valence-corrected chi connectivity index (χ0v) is 25.6. The Morgan fingerprint density at radius 1 is 1.18 bits per heavy atom. The van der Waals surface area contributed by atoms with Gasteiger partial charge in [0.2, 0.25) is 10.0 Å². The smallest absolute Gasteiger partial charge is 0.319 e. The Hall–Kier alpha value is -4.05. The Balaban J connectivity index is 1.35. The number of benzene rings is 3. The number of hydrogen-bond acceptors (Lipinski definition) is 8. The standard InChI is InChI=1S/C33H33F2N5O4S/c1-3-20-6-4-7-21-14-24(41)15-27(28(20)21)25-8-9-26-30(29(25)35)36-32(44-19-33-11-5-12-40(33)17-22(34)16-33)37-31(26)39-13-10-23(18-39)38-45(2,42)43/h1,4,6-9,14-15,22-23,38,41H,5,10-13,16-19H2,2H3/t22-,23?,33+/m1/s1. The van der Waals surface area contributed by atoms with Gasteiger partial charge in [-0.05, 0) is 61.0 Å². The van der Waals surface area contributed by atoms with Gasteiger partial charge >= 0.3 is 6.01 Å². The van der Waals surface area contributed by atoms with Crippen molar-refractivity contribution in [3.63, 3.8) is 0 Å². The zero-order valence-electron chi connectivity index (χ0n) is 24.8. The quantitative estimate of drug-likeness (QED) is 0.289. The fourth-order valence-electron chi connectivity index (χ4n) is 7.38. The lowest BCUT2D eigenvalue weighted by atomic mass is 9.93. The summed E-state index contributed by atoms with van der Waals surface area (Å²) >= 11 is 0. The van der Waals surface area contributed by atoms with E-state index < -0.39 is 27.6 Å². The van der Waals surface area contributed by atoms with Gasteiger partial charge in [0.1, 0.15) is 29.9 Å². The highest BCUT2D eigenvalue weighted by molar-refractivity contribution is 7.88. The number of phenolic OH excluding ortho intramolecular Hbond substituents is 1. The second-order valence-electron chi connectivity index (χ2n) is 12.4. The Morgan fingerprint density at radius 2 is 2.02 bits per heavy atom. The number of alkyl halides is 1. The summed E-state index contributed by atoms with van der Waals surface area (Å²) < 4.78 is 63.9. The molecule has 3 aromatic carbocycles. The highest BCUT2D eigenvalue weighted by Gasteiger charge is 2.49. The molecule has 1 unspecified atom stereocenters. The van der Waals surface area contributed by atoms with E-state index in [1.165, 1.54) is 6.07 Å². The van der Waals surface area contributed by atoms with E-state index >= 15 is 4.39 Å². The number of aromatic hydroxyl groups is 1. The number of halogens is 2. The summed E-state index contributed by atoms with van der Waals surface area (Å²) in [6.45, 7) is 2.13. The highest BCUT2D eigenvalue weighted by atomic mass is 32.2. The van der Waals surface area contributed by atoms with Crippen LogP contribution < -0.4 is 14.4 Å². The van der Waals surface area contributed by atoms with Crippen LogP contribution in [-0.4, -0.2) is 85.2 Å². The largest absolute Gasteiger partial charge is 0.508 e. The fraction of sp³-hybridized carbons (Fsp3) is 0.394. The minimum Gasteiger partial charge on any atom is -0.508 e. The van der Waals surface area contributed by atoms with E-state index in [1.807, 2.05) is 4.90 Å². The van der Waals surface area contributed by atoms with Crippen molar-refractivity contribution in [2.45, 2.75) is 43.4 Å². The molecule has 2 N–H and O–H groups in total. The zero-order chi connectivity index (χ0) is 31.5. The number of anilines is 1. The van der Waals surface area contributed by atoms with Gasteiger partial charge in [0.05, 0.1) is 11.8 Å². The molecule has 0 radical (unpaired) electrons. The van der Waals surface area contributed by atoms with Crippen molar-refractivity contribution in [3.05, 3.63) is 53.8 Å². The minimum atomic E-state index is -3.43. The first-order valence-electron chi connectivity index (χ1n) is 15.0. The molecule has 0 aliphatic carbocycles. The van der Waals surface area contributed by atoms with Gasteiger partial charge in [0.25, 0.3) is 0 Å². The Labute approximate surface area is 260 Å². The van der Waals surface area contributed by atoms with Crippen molar-refractivity contribution in [2.24, 2.45) is 0 Å². The van der Waals surface area contributed by atoms with Crippen LogP contribution in [0.1, 0.15) is 31.2 Å². The normalized spacial score (nSPS) is 23.6. The molecule has 9 nitrogen and oxygen atoms in total. The van der Waals surface area contributed by atoms with Crippen LogP contribution in [0.15, 0.2) is 42.5 Å². The van der Waals surface area contributed by atoms with E-state index in [0.717, 1.165) is 25.6 Å². The first-order valence-corrected chi connectivity index (χ1v) is 16.9. The average molecular weight is 634 g/mol. The lowest BCUT2D eigenvalue weighted by Gasteiger charge is -2.31.